The van der Waals surface area contributed by atoms with E-state index < -0.39 is 0 Å². The summed E-state index contributed by atoms with van der Waals surface area (Å²) in [6.07, 6.45) is 0. The highest BCUT2D eigenvalue weighted by molar-refractivity contribution is 5.50. The van der Waals surface area contributed by atoms with Crippen LogP contribution in [0.3, 0.4) is 0 Å². The third-order valence-corrected chi connectivity index (χ3v) is 2.08. The van der Waals surface area contributed by atoms with Crippen LogP contribution in [-0.2, 0) is 4.74 Å². The van der Waals surface area contributed by atoms with Gasteiger partial charge in [0.25, 0.3) is 0 Å². The van der Waals surface area contributed by atoms with Crippen LogP contribution >= 0.6 is 0 Å². The van der Waals surface area contributed by atoms with Gasteiger partial charge in [-0.2, -0.15) is 0 Å². The molecule has 0 aromatic heterocycles. The van der Waals surface area contributed by atoms with E-state index in [1.165, 1.54) is 6.07 Å². The van der Waals surface area contributed by atoms with Gasteiger partial charge in [0.1, 0.15) is 0 Å². The molecule has 1 aromatic carbocycles. The van der Waals surface area contributed by atoms with E-state index in [0.717, 1.165) is 0 Å². The molecule has 1 aliphatic heterocycles. The SMILES string of the molecule is O=c1cc(N2CCOCC2)c1=O. The minimum absolute atomic E-state index is 0.350. The number of anilines is 1. The van der Waals surface area contributed by atoms with E-state index in [0.29, 0.717) is 32.0 Å². The van der Waals surface area contributed by atoms with E-state index in [-0.39, 0.29) is 10.9 Å². The molecule has 4 heteroatoms. The van der Waals surface area contributed by atoms with Crippen molar-refractivity contribution in [1.29, 1.82) is 0 Å². The smallest absolute Gasteiger partial charge is 0.249 e. The lowest BCUT2D eigenvalue weighted by molar-refractivity contribution is 0.122. The first kappa shape index (κ1) is 7.49. The highest BCUT2D eigenvalue weighted by Gasteiger charge is 2.18. The molecule has 1 heterocycles. The number of nitrogens with zero attached hydrogens (tertiary/aromatic N) is 1. The monoisotopic (exact) mass is 167 g/mol. The molecule has 64 valence electrons. The van der Waals surface area contributed by atoms with Crippen molar-refractivity contribution >= 4 is 5.69 Å². The van der Waals surface area contributed by atoms with Crippen molar-refractivity contribution in [2.45, 2.75) is 0 Å². The third kappa shape index (κ3) is 1.04. The Hall–Kier alpha value is -1.16. The molecule has 1 aliphatic rings. The first-order chi connectivity index (χ1) is 5.79. The number of ether oxygens (including phenoxy) is 1. The van der Waals surface area contributed by atoms with Crippen LogP contribution in [0, 0.1) is 0 Å². The molecule has 0 saturated carbocycles. The Labute approximate surface area is 69.1 Å². The molecule has 0 amide bonds. The summed E-state index contributed by atoms with van der Waals surface area (Å²) in [6.45, 7) is 2.70. The third-order valence-electron chi connectivity index (χ3n) is 2.08. The molecule has 0 aliphatic carbocycles. The second kappa shape index (κ2) is 2.71. The summed E-state index contributed by atoms with van der Waals surface area (Å²) in [4.78, 5) is 23.5. The largest absolute Gasteiger partial charge is 0.378 e. The van der Waals surface area contributed by atoms with Gasteiger partial charge in [0, 0.05) is 19.2 Å². The van der Waals surface area contributed by atoms with Gasteiger partial charge < -0.3 is 9.64 Å². The number of morpholine rings is 1. The predicted molar refractivity (Wildman–Crippen MR) is 44.4 cm³/mol. The molecule has 0 atom stereocenters. The second-order valence-corrected chi connectivity index (χ2v) is 2.82. The maximum absolute atomic E-state index is 11.0. The molecule has 0 radical (unpaired) electrons. The van der Waals surface area contributed by atoms with Gasteiger partial charge in [-0.05, 0) is 0 Å². The fraction of sp³-hybridized carbons (Fsp3) is 0.500. The molecule has 1 fully saturated rings. The second-order valence-electron chi connectivity index (χ2n) is 2.82. The summed E-state index contributed by atoms with van der Waals surface area (Å²) in [6, 6.07) is 1.40. The summed E-state index contributed by atoms with van der Waals surface area (Å²) in [5.41, 5.74) is -0.170. The maximum atomic E-state index is 11.0. The predicted octanol–water partition coefficient (Wildman–Crippen LogP) is -0.881. The van der Waals surface area contributed by atoms with Crippen LogP contribution in [0.5, 0.6) is 0 Å². The highest BCUT2D eigenvalue weighted by atomic mass is 16.5. The van der Waals surface area contributed by atoms with Crippen LogP contribution in [0.25, 0.3) is 0 Å². The van der Waals surface area contributed by atoms with E-state index >= 15 is 0 Å². The van der Waals surface area contributed by atoms with Crippen LogP contribution < -0.4 is 15.8 Å². The Morgan fingerprint density at radius 3 is 2.42 bits per heavy atom. The number of hydrogen-bond acceptors (Lipinski definition) is 4. The molecule has 0 unspecified atom stereocenters. The fourth-order valence-electron chi connectivity index (χ4n) is 1.34. The van der Waals surface area contributed by atoms with E-state index in [1.807, 2.05) is 4.90 Å². The standard InChI is InChI=1S/C8H9NO3/c10-7-5-6(8(7)11)9-1-3-12-4-2-9/h5H,1-4H2. The quantitative estimate of drug-likeness (QED) is 0.509. The average molecular weight is 167 g/mol. The van der Waals surface area contributed by atoms with Crippen LogP contribution in [0.2, 0.25) is 0 Å². The van der Waals surface area contributed by atoms with Crippen molar-refractivity contribution < 1.29 is 4.74 Å². The van der Waals surface area contributed by atoms with Crippen LogP contribution in [0.1, 0.15) is 0 Å². The molecule has 1 aromatic rings. The molecular formula is C8H9NO3. The van der Waals surface area contributed by atoms with Crippen molar-refractivity contribution in [3.8, 4) is 0 Å². The molecule has 0 spiro atoms. The summed E-state index contributed by atoms with van der Waals surface area (Å²) in [5.74, 6) is 0. The Morgan fingerprint density at radius 2 is 1.92 bits per heavy atom. The summed E-state index contributed by atoms with van der Waals surface area (Å²) in [5, 5.41) is 0. The first-order valence-corrected chi connectivity index (χ1v) is 3.92. The van der Waals surface area contributed by atoms with Gasteiger partial charge in [-0.25, -0.2) is 0 Å². The molecule has 0 bridgehead atoms. The zero-order chi connectivity index (χ0) is 8.55. The van der Waals surface area contributed by atoms with Gasteiger partial charge in [-0.1, -0.05) is 0 Å². The fourth-order valence-corrected chi connectivity index (χ4v) is 1.34. The topological polar surface area (TPSA) is 46.6 Å². The minimum Gasteiger partial charge on any atom is -0.378 e. The van der Waals surface area contributed by atoms with E-state index in [4.69, 9.17) is 4.74 Å². The van der Waals surface area contributed by atoms with Gasteiger partial charge in [0.05, 0.1) is 18.9 Å². The molecule has 12 heavy (non-hydrogen) atoms. The lowest BCUT2D eigenvalue weighted by Crippen LogP contribution is -2.44. The number of hydrogen-bond donors (Lipinski definition) is 0. The summed E-state index contributed by atoms with van der Waals surface area (Å²) >= 11 is 0. The molecule has 0 N–H and O–H groups in total. The van der Waals surface area contributed by atoms with Crippen LogP contribution in [0.4, 0.5) is 5.69 Å². The lowest BCUT2D eigenvalue weighted by Gasteiger charge is -2.28. The van der Waals surface area contributed by atoms with E-state index in [2.05, 4.69) is 0 Å². The maximum Gasteiger partial charge on any atom is 0.249 e. The van der Waals surface area contributed by atoms with Crippen molar-refractivity contribution in [2.24, 2.45) is 0 Å². The Balaban J connectivity index is 2.16. The molecule has 4 nitrogen and oxygen atoms in total. The zero-order valence-electron chi connectivity index (χ0n) is 6.58. The normalized spacial score (nSPS) is 18.5. The van der Waals surface area contributed by atoms with Crippen molar-refractivity contribution in [1.82, 2.24) is 0 Å². The van der Waals surface area contributed by atoms with Gasteiger partial charge in [-0.3, -0.25) is 9.59 Å². The minimum atomic E-state index is -0.378. The van der Waals surface area contributed by atoms with Crippen LogP contribution in [0.15, 0.2) is 15.7 Å². The zero-order valence-corrected chi connectivity index (χ0v) is 6.58. The molecular weight excluding hydrogens is 158 g/mol. The van der Waals surface area contributed by atoms with Gasteiger partial charge in [0.2, 0.25) is 10.9 Å². The van der Waals surface area contributed by atoms with Gasteiger partial charge >= 0.3 is 0 Å². The Kier molecular flexibility index (Phi) is 1.69. The average Bonchev–Trinajstić information content (AvgIpc) is 2.15. The van der Waals surface area contributed by atoms with Crippen molar-refractivity contribution in [3.63, 3.8) is 0 Å². The van der Waals surface area contributed by atoms with Crippen molar-refractivity contribution in [3.05, 3.63) is 26.5 Å². The van der Waals surface area contributed by atoms with Crippen LogP contribution in [-0.4, -0.2) is 26.3 Å². The Morgan fingerprint density at radius 1 is 1.25 bits per heavy atom. The van der Waals surface area contributed by atoms with Crippen molar-refractivity contribution in [2.75, 3.05) is 31.2 Å². The van der Waals surface area contributed by atoms with E-state index in [9.17, 15) is 9.59 Å². The summed E-state index contributed by atoms with van der Waals surface area (Å²) in [7, 11) is 0. The van der Waals surface area contributed by atoms with E-state index in [1.54, 1.807) is 0 Å². The molecule has 2 rings (SSSR count). The lowest BCUT2D eigenvalue weighted by atomic mass is 10.2. The highest BCUT2D eigenvalue weighted by Crippen LogP contribution is 2.08. The van der Waals surface area contributed by atoms with Gasteiger partial charge in [0.15, 0.2) is 0 Å². The summed E-state index contributed by atoms with van der Waals surface area (Å²) < 4.78 is 5.12. The number of rotatable bonds is 1. The Bertz CT molecular complexity index is 345. The van der Waals surface area contributed by atoms with Gasteiger partial charge in [-0.15, -0.1) is 0 Å². The first-order valence-electron chi connectivity index (χ1n) is 3.92. The molecule has 1 saturated heterocycles.